The summed E-state index contributed by atoms with van der Waals surface area (Å²) in [5, 5.41) is 7.99. The molecule has 0 spiro atoms. The summed E-state index contributed by atoms with van der Waals surface area (Å²) in [5.74, 6) is 0.192. The third-order valence-electron chi connectivity index (χ3n) is 4.58. The molecule has 1 aliphatic rings. The zero-order valence-corrected chi connectivity index (χ0v) is 16.8. The third-order valence-corrected chi connectivity index (χ3v) is 5.75. The minimum absolute atomic E-state index is 0.00996. The molecule has 0 radical (unpaired) electrons. The zero-order valence-electron chi connectivity index (χ0n) is 16.0. The molecule has 2 aromatic heterocycles. The first-order valence-corrected chi connectivity index (χ1v) is 10.2. The fourth-order valence-electron chi connectivity index (χ4n) is 3.12. The highest BCUT2D eigenvalue weighted by Gasteiger charge is 2.29. The molecule has 1 saturated heterocycles. The average Bonchev–Trinajstić information content (AvgIpc) is 3.36. The van der Waals surface area contributed by atoms with Crippen LogP contribution >= 0.6 is 11.3 Å². The highest BCUT2D eigenvalue weighted by molar-refractivity contribution is 7.17. The number of aryl methyl sites for hydroxylation is 1. The number of carbonyl (C=O) groups excluding carboxylic acids is 3. The number of ether oxygens (including phenoxy) is 1. The second kappa shape index (κ2) is 9.09. The van der Waals surface area contributed by atoms with E-state index in [0.717, 1.165) is 17.7 Å². The fourth-order valence-corrected chi connectivity index (χ4v) is 3.95. The Hall–Kier alpha value is -2.55. The molecule has 28 heavy (non-hydrogen) atoms. The molecule has 0 aliphatic carbocycles. The van der Waals surface area contributed by atoms with Gasteiger partial charge < -0.3 is 14.1 Å². The van der Waals surface area contributed by atoms with Gasteiger partial charge >= 0.3 is 5.97 Å². The summed E-state index contributed by atoms with van der Waals surface area (Å²) in [6, 6.07) is 3.50. The molecule has 150 valence electrons. The molecule has 0 N–H and O–H groups in total. The monoisotopic (exact) mass is 405 g/mol. The summed E-state index contributed by atoms with van der Waals surface area (Å²) >= 11 is 1.30. The Kier molecular flexibility index (Phi) is 6.56. The SMILES string of the molecule is CCOC(=O)[C@@H]1CCCN(C(=O)CCc2nnc(-c3ccc(C(C)=O)s3)o2)C1. The summed E-state index contributed by atoms with van der Waals surface area (Å²) in [6.07, 6.45) is 2.10. The third kappa shape index (κ3) is 4.83. The minimum atomic E-state index is -0.248. The molecule has 3 rings (SSSR count). The number of carbonyl (C=O) groups is 3. The van der Waals surface area contributed by atoms with Crippen molar-refractivity contribution in [2.75, 3.05) is 19.7 Å². The number of ketones is 1. The lowest BCUT2D eigenvalue weighted by atomic mass is 9.98. The van der Waals surface area contributed by atoms with E-state index in [0.29, 0.717) is 42.8 Å². The van der Waals surface area contributed by atoms with Gasteiger partial charge in [-0.05, 0) is 38.8 Å². The number of piperidine rings is 1. The van der Waals surface area contributed by atoms with Gasteiger partial charge in [-0.25, -0.2) is 0 Å². The summed E-state index contributed by atoms with van der Waals surface area (Å²) in [6.45, 7) is 4.68. The topological polar surface area (TPSA) is 103 Å². The van der Waals surface area contributed by atoms with Crippen molar-refractivity contribution < 1.29 is 23.5 Å². The van der Waals surface area contributed by atoms with Gasteiger partial charge in [-0.15, -0.1) is 21.5 Å². The number of esters is 1. The molecule has 1 atom stereocenters. The molecular formula is C19H23N3O5S. The summed E-state index contributed by atoms with van der Waals surface area (Å²) in [7, 11) is 0. The number of hydrogen-bond donors (Lipinski definition) is 0. The lowest BCUT2D eigenvalue weighted by Crippen LogP contribution is -2.42. The molecule has 1 aliphatic heterocycles. The lowest BCUT2D eigenvalue weighted by molar-refractivity contribution is -0.151. The maximum atomic E-state index is 12.5. The summed E-state index contributed by atoms with van der Waals surface area (Å²) < 4.78 is 10.7. The van der Waals surface area contributed by atoms with Crippen molar-refractivity contribution >= 4 is 29.0 Å². The minimum Gasteiger partial charge on any atom is -0.466 e. The largest absolute Gasteiger partial charge is 0.466 e. The quantitative estimate of drug-likeness (QED) is 0.515. The van der Waals surface area contributed by atoms with Crippen LogP contribution in [0, 0.1) is 5.92 Å². The predicted molar refractivity (Wildman–Crippen MR) is 102 cm³/mol. The van der Waals surface area contributed by atoms with E-state index in [1.165, 1.54) is 18.3 Å². The highest BCUT2D eigenvalue weighted by atomic mass is 32.1. The van der Waals surface area contributed by atoms with E-state index < -0.39 is 0 Å². The molecule has 0 aromatic carbocycles. The Bertz CT molecular complexity index is 859. The van der Waals surface area contributed by atoms with Crippen LogP contribution in [0.3, 0.4) is 0 Å². The number of hydrogen-bond acceptors (Lipinski definition) is 8. The van der Waals surface area contributed by atoms with E-state index in [2.05, 4.69) is 10.2 Å². The van der Waals surface area contributed by atoms with Gasteiger partial charge in [0, 0.05) is 25.9 Å². The van der Waals surface area contributed by atoms with Gasteiger partial charge in [0.15, 0.2) is 5.78 Å². The van der Waals surface area contributed by atoms with E-state index in [9.17, 15) is 14.4 Å². The van der Waals surface area contributed by atoms with Crippen LogP contribution in [0.4, 0.5) is 0 Å². The predicted octanol–water partition coefficient (Wildman–Crippen LogP) is 2.74. The van der Waals surface area contributed by atoms with Gasteiger partial charge in [0.05, 0.1) is 22.3 Å². The highest BCUT2D eigenvalue weighted by Crippen LogP contribution is 2.27. The van der Waals surface area contributed by atoms with Crippen LogP contribution in [0.15, 0.2) is 16.5 Å². The van der Waals surface area contributed by atoms with Crippen LogP contribution < -0.4 is 0 Å². The number of Topliss-reactive ketones (excluding diaryl/α,β-unsaturated/α-hetero) is 1. The van der Waals surface area contributed by atoms with E-state index in [4.69, 9.17) is 9.15 Å². The van der Waals surface area contributed by atoms with Gasteiger partial charge in [0.25, 0.3) is 5.89 Å². The van der Waals surface area contributed by atoms with Crippen molar-refractivity contribution in [2.45, 2.75) is 39.5 Å². The standard InChI is InChI=1S/C19H23N3O5S/c1-3-26-19(25)13-5-4-10-22(11-13)17(24)9-8-16-20-21-18(27-16)15-7-6-14(28-15)12(2)23/h6-7,13H,3-5,8-11H2,1-2H3/t13-/m1/s1. The molecule has 0 unspecified atom stereocenters. The number of rotatable bonds is 7. The van der Waals surface area contributed by atoms with Crippen molar-refractivity contribution in [3.63, 3.8) is 0 Å². The molecule has 0 saturated carbocycles. The zero-order chi connectivity index (χ0) is 20.1. The molecular weight excluding hydrogens is 382 g/mol. The number of thiophene rings is 1. The first-order valence-electron chi connectivity index (χ1n) is 9.36. The molecule has 1 fully saturated rings. The Morgan fingerprint density at radius 2 is 2.14 bits per heavy atom. The Morgan fingerprint density at radius 3 is 2.86 bits per heavy atom. The second-order valence-corrected chi connectivity index (χ2v) is 7.74. The Labute approximate surface area is 166 Å². The van der Waals surface area contributed by atoms with E-state index in [1.54, 1.807) is 24.0 Å². The normalized spacial score (nSPS) is 16.8. The molecule has 3 heterocycles. The van der Waals surface area contributed by atoms with Crippen molar-refractivity contribution in [3.05, 3.63) is 22.9 Å². The molecule has 8 nitrogen and oxygen atoms in total. The average molecular weight is 405 g/mol. The summed E-state index contributed by atoms with van der Waals surface area (Å²) in [5.41, 5.74) is 0. The van der Waals surface area contributed by atoms with Crippen LogP contribution in [-0.4, -0.2) is 52.5 Å². The molecule has 9 heteroatoms. The van der Waals surface area contributed by atoms with Gasteiger partial charge in [-0.1, -0.05) is 0 Å². The van der Waals surface area contributed by atoms with Crippen LogP contribution in [0.25, 0.3) is 10.8 Å². The number of aromatic nitrogens is 2. The molecule has 0 bridgehead atoms. The summed E-state index contributed by atoms with van der Waals surface area (Å²) in [4.78, 5) is 38.9. The van der Waals surface area contributed by atoms with Crippen molar-refractivity contribution in [3.8, 4) is 10.8 Å². The van der Waals surface area contributed by atoms with Crippen molar-refractivity contribution in [2.24, 2.45) is 5.92 Å². The lowest BCUT2D eigenvalue weighted by Gasteiger charge is -2.31. The fraction of sp³-hybridized carbons (Fsp3) is 0.526. The molecule has 1 amide bonds. The first kappa shape index (κ1) is 20.2. The van der Waals surface area contributed by atoms with Gasteiger partial charge in [-0.2, -0.15) is 0 Å². The maximum absolute atomic E-state index is 12.5. The van der Waals surface area contributed by atoms with Crippen molar-refractivity contribution in [1.29, 1.82) is 0 Å². The van der Waals surface area contributed by atoms with Crippen LogP contribution in [-0.2, 0) is 20.7 Å². The maximum Gasteiger partial charge on any atom is 0.310 e. The van der Waals surface area contributed by atoms with Crippen LogP contribution in [0.1, 0.15) is 48.7 Å². The van der Waals surface area contributed by atoms with Gasteiger partial charge in [0.2, 0.25) is 11.8 Å². The first-order chi connectivity index (χ1) is 13.5. The second-order valence-electron chi connectivity index (χ2n) is 6.65. The van der Waals surface area contributed by atoms with Gasteiger partial charge in [0.1, 0.15) is 0 Å². The Morgan fingerprint density at radius 1 is 1.32 bits per heavy atom. The molecule has 2 aromatic rings. The van der Waals surface area contributed by atoms with E-state index in [-0.39, 0.29) is 30.0 Å². The van der Waals surface area contributed by atoms with Crippen LogP contribution in [0.2, 0.25) is 0 Å². The van der Waals surface area contributed by atoms with Crippen LogP contribution in [0.5, 0.6) is 0 Å². The number of likely N-dealkylation sites (tertiary alicyclic amines) is 1. The Balaban J connectivity index is 1.54. The van der Waals surface area contributed by atoms with E-state index in [1.807, 2.05) is 0 Å². The smallest absolute Gasteiger partial charge is 0.310 e. The van der Waals surface area contributed by atoms with E-state index >= 15 is 0 Å². The van der Waals surface area contributed by atoms with Crippen molar-refractivity contribution in [1.82, 2.24) is 15.1 Å². The van der Waals surface area contributed by atoms with Gasteiger partial charge in [-0.3, -0.25) is 14.4 Å². The number of amides is 1. The number of nitrogens with zero attached hydrogens (tertiary/aromatic N) is 3.